The molecule has 1 aromatic carbocycles. The topological polar surface area (TPSA) is 54.5 Å². The van der Waals surface area contributed by atoms with Gasteiger partial charge in [-0.15, -0.1) is 0 Å². The number of hydrogen-bond donors (Lipinski definition) is 0. The number of rotatable bonds is 3. The Bertz CT molecular complexity index is 551. The van der Waals surface area contributed by atoms with E-state index in [4.69, 9.17) is 0 Å². The van der Waals surface area contributed by atoms with Crippen LogP contribution in [0.1, 0.15) is 24.2 Å². The maximum absolute atomic E-state index is 13.7. The fraction of sp³-hybridized carbons (Fsp3) is 0.308. The predicted molar refractivity (Wildman–Crippen MR) is 62.9 cm³/mol. The first kappa shape index (κ1) is 12.4. The molecule has 0 aromatic heterocycles. The Labute approximate surface area is 103 Å². The first-order valence-electron chi connectivity index (χ1n) is 5.61. The molecule has 1 aliphatic heterocycles. The molecular weight excluding hydrogens is 237 g/mol. The number of ketones is 2. The molecule has 18 heavy (non-hydrogen) atoms. The smallest absolute Gasteiger partial charge is 0.297 e. The van der Waals surface area contributed by atoms with Crippen LogP contribution in [0, 0.1) is 11.7 Å². The molecule has 0 unspecified atom stereocenters. The highest BCUT2D eigenvalue weighted by Gasteiger charge is 2.38. The number of fused-ring (bicyclic) bond motifs is 1. The summed E-state index contributed by atoms with van der Waals surface area (Å²) in [7, 11) is 0. The van der Waals surface area contributed by atoms with Crippen molar-refractivity contribution in [3.63, 3.8) is 0 Å². The van der Waals surface area contributed by atoms with Crippen LogP contribution in [0.3, 0.4) is 0 Å². The number of Topliss-reactive ketones (excluding diaryl/α,β-unsaturated/α-hetero) is 2. The number of nitrogens with zero attached hydrogens (tertiary/aromatic N) is 1. The Morgan fingerprint density at radius 1 is 1.33 bits per heavy atom. The van der Waals surface area contributed by atoms with E-state index in [0.717, 1.165) is 11.0 Å². The average Bonchev–Trinajstić information content (AvgIpc) is 2.56. The molecule has 0 saturated heterocycles. The quantitative estimate of drug-likeness (QED) is 0.764. The molecule has 0 spiro atoms. The van der Waals surface area contributed by atoms with Gasteiger partial charge in [0.2, 0.25) is 0 Å². The van der Waals surface area contributed by atoms with Gasteiger partial charge in [0, 0.05) is 5.92 Å². The highest BCUT2D eigenvalue weighted by atomic mass is 19.1. The zero-order valence-electron chi connectivity index (χ0n) is 10.1. The molecule has 1 aromatic rings. The van der Waals surface area contributed by atoms with E-state index in [1.807, 2.05) is 0 Å². The van der Waals surface area contributed by atoms with Crippen molar-refractivity contribution in [2.45, 2.75) is 13.8 Å². The lowest BCUT2D eigenvalue weighted by Gasteiger charge is -2.17. The van der Waals surface area contributed by atoms with Gasteiger partial charge in [0.25, 0.3) is 11.7 Å². The molecule has 5 heteroatoms. The number of carbonyl (C=O) groups is 3. The van der Waals surface area contributed by atoms with Gasteiger partial charge in [0.05, 0.1) is 17.8 Å². The molecular formula is C13H12FNO3. The largest absolute Gasteiger partial charge is 0.299 e. The molecule has 94 valence electrons. The van der Waals surface area contributed by atoms with E-state index in [1.54, 1.807) is 13.8 Å². The molecule has 1 amide bonds. The van der Waals surface area contributed by atoms with Gasteiger partial charge in [-0.1, -0.05) is 19.9 Å². The summed E-state index contributed by atoms with van der Waals surface area (Å²) in [5.74, 6) is -2.76. The van der Waals surface area contributed by atoms with Crippen molar-refractivity contribution in [2.24, 2.45) is 5.92 Å². The number of hydrogen-bond acceptors (Lipinski definition) is 3. The summed E-state index contributed by atoms with van der Waals surface area (Å²) in [5.41, 5.74) is -0.0574. The third-order valence-corrected chi connectivity index (χ3v) is 2.90. The summed E-state index contributed by atoms with van der Waals surface area (Å²) in [4.78, 5) is 35.9. The van der Waals surface area contributed by atoms with Gasteiger partial charge in [0.1, 0.15) is 5.82 Å². The summed E-state index contributed by atoms with van der Waals surface area (Å²) >= 11 is 0. The third-order valence-electron chi connectivity index (χ3n) is 2.90. The van der Waals surface area contributed by atoms with Crippen LogP contribution in [0.2, 0.25) is 0 Å². The fourth-order valence-corrected chi connectivity index (χ4v) is 1.80. The predicted octanol–water partition coefficient (Wildman–Crippen LogP) is 1.58. The van der Waals surface area contributed by atoms with Crippen LogP contribution in [0.4, 0.5) is 10.1 Å². The first-order chi connectivity index (χ1) is 8.43. The van der Waals surface area contributed by atoms with Crippen molar-refractivity contribution in [3.8, 4) is 0 Å². The molecule has 0 aliphatic carbocycles. The van der Waals surface area contributed by atoms with Crippen LogP contribution >= 0.6 is 0 Å². The molecule has 1 aliphatic rings. The average molecular weight is 249 g/mol. The molecule has 4 nitrogen and oxygen atoms in total. The van der Waals surface area contributed by atoms with Crippen LogP contribution in [-0.4, -0.2) is 24.0 Å². The molecule has 0 saturated carbocycles. The zero-order chi connectivity index (χ0) is 13.4. The third kappa shape index (κ3) is 1.81. The zero-order valence-corrected chi connectivity index (χ0v) is 10.1. The van der Waals surface area contributed by atoms with Crippen LogP contribution < -0.4 is 4.90 Å². The minimum absolute atomic E-state index is 0.0246. The van der Waals surface area contributed by atoms with Crippen molar-refractivity contribution in [1.82, 2.24) is 0 Å². The number of para-hydroxylation sites is 1. The van der Waals surface area contributed by atoms with Gasteiger partial charge in [-0.3, -0.25) is 19.3 Å². The molecule has 0 N–H and O–H groups in total. The summed E-state index contributed by atoms with van der Waals surface area (Å²) in [6.07, 6.45) is 0. The number of carbonyl (C=O) groups excluding carboxylic acids is 3. The van der Waals surface area contributed by atoms with E-state index in [2.05, 4.69) is 0 Å². The molecule has 0 radical (unpaired) electrons. The highest BCUT2D eigenvalue weighted by Crippen LogP contribution is 2.31. The van der Waals surface area contributed by atoms with E-state index >= 15 is 0 Å². The summed E-state index contributed by atoms with van der Waals surface area (Å²) in [6, 6.07) is 3.92. The van der Waals surface area contributed by atoms with Gasteiger partial charge >= 0.3 is 0 Å². The van der Waals surface area contributed by atoms with E-state index in [1.165, 1.54) is 12.1 Å². The van der Waals surface area contributed by atoms with Crippen molar-refractivity contribution >= 4 is 23.2 Å². The Kier molecular flexibility index (Phi) is 2.98. The van der Waals surface area contributed by atoms with Crippen molar-refractivity contribution in [1.29, 1.82) is 0 Å². The minimum Gasteiger partial charge on any atom is -0.297 e. The van der Waals surface area contributed by atoms with Crippen molar-refractivity contribution in [2.75, 3.05) is 11.4 Å². The van der Waals surface area contributed by atoms with Gasteiger partial charge in [-0.25, -0.2) is 4.39 Å². The molecule has 1 heterocycles. The molecule has 0 fully saturated rings. The van der Waals surface area contributed by atoms with Crippen LogP contribution in [-0.2, 0) is 9.59 Å². The Morgan fingerprint density at radius 2 is 2.00 bits per heavy atom. The van der Waals surface area contributed by atoms with Gasteiger partial charge in [-0.2, -0.15) is 0 Å². The summed E-state index contributed by atoms with van der Waals surface area (Å²) in [6.45, 7) is 3.11. The second kappa shape index (κ2) is 4.33. The Morgan fingerprint density at radius 3 is 2.61 bits per heavy atom. The van der Waals surface area contributed by atoms with Gasteiger partial charge in [0.15, 0.2) is 5.78 Å². The second-order valence-electron chi connectivity index (χ2n) is 4.48. The van der Waals surface area contributed by atoms with Gasteiger partial charge in [-0.05, 0) is 12.1 Å². The van der Waals surface area contributed by atoms with E-state index in [9.17, 15) is 18.8 Å². The lowest BCUT2D eigenvalue weighted by atomic mass is 10.1. The Hall–Kier alpha value is -2.04. The lowest BCUT2D eigenvalue weighted by Crippen LogP contribution is -2.36. The SMILES string of the molecule is CC(C)C(=O)CN1C(=O)C(=O)c2cccc(F)c21. The molecule has 2 rings (SSSR count). The standard InChI is InChI=1S/C13H12FNO3/c1-7(2)10(16)6-15-11-8(12(17)13(15)18)4-3-5-9(11)14/h3-5,7H,6H2,1-2H3. The van der Waals surface area contributed by atoms with E-state index < -0.39 is 17.5 Å². The highest BCUT2D eigenvalue weighted by molar-refractivity contribution is 6.52. The first-order valence-corrected chi connectivity index (χ1v) is 5.61. The lowest BCUT2D eigenvalue weighted by molar-refractivity contribution is -0.122. The number of amides is 1. The van der Waals surface area contributed by atoms with E-state index in [0.29, 0.717) is 0 Å². The maximum Gasteiger partial charge on any atom is 0.299 e. The Balaban J connectivity index is 2.43. The molecule has 0 bridgehead atoms. The minimum atomic E-state index is -0.843. The molecule has 0 atom stereocenters. The van der Waals surface area contributed by atoms with Crippen molar-refractivity contribution < 1.29 is 18.8 Å². The van der Waals surface area contributed by atoms with Crippen LogP contribution in [0.15, 0.2) is 18.2 Å². The fourth-order valence-electron chi connectivity index (χ4n) is 1.80. The summed E-state index contributed by atoms with van der Waals surface area (Å²) in [5, 5.41) is 0. The van der Waals surface area contributed by atoms with E-state index in [-0.39, 0.29) is 29.5 Å². The number of anilines is 1. The summed E-state index contributed by atoms with van der Waals surface area (Å²) < 4.78 is 13.7. The van der Waals surface area contributed by atoms with Crippen LogP contribution in [0.25, 0.3) is 0 Å². The second-order valence-corrected chi connectivity index (χ2v) is 4.48. The monoisotopic (exact) mass is 249 g/mol. The maximum atomic E-state index is 13.7. The van der Waals surface area contributed by atoms with Gasteiger partial charge < -0.3 is 0 Å². The number of benzene rings is 1. The van der Waals surface area contributed by atoms with Crippen LogP contribution in [0.5, 0.6) is 0 Å². The normalized spacial score (nSPS) is 14.3. The number of halogens is 1. The van der Waals surface area contributed by atoms with Crippen molar-refractivity contribution in [3.05, 3.63) is 29.6 Å².